The molecule has 1 aromatic carbocycles. The maximum atomic E-state index is 12.6. The highest BCUT2D eigenvalue weighted by Crippen LogP contribution is 2.30. The van der Waals surface area contributed by atoms with Gasteiger partial charge >= 0.3 is 6.18 Å². The molecular weight excluding hydrogens is 325 g/mol. The first-order valence-corrected chi connectivity index (χ1v) is 7.94. The minimum absolute atomic E-state index is 0.214. The third kappa shape index (κ3) is 3.31. The van der Waals surface area contributed by atoms with Gasteiger partial charge in [0.25, 0.3) is 0 Å². The van der Waals surface area contributed by atoms with Gasteiger partial charge < -0.3 is 10.2 Å². The zero-order valence-electron chi connectivity index (χ0n) is 12.4. The fraction of sp³-hybridized carbons (Fsp3) is 0.333. The van der Waals surface area contributed by atoms with Gasteiger partial charge in [0.1, 0.15) is 5.01 Å². The van der Waals surface area contributed by atoms with Crippen LogP contribution in [-0.2, 0) is 19.1 Å². The Balaban J connectivity index is 1.69. The van der Waals surface area contributed by atoms with Crippen LogP contribution in [0.25, 0.3) is 0 Å². The van der Waals surface area contributed by atoms with Crippen molar-refractivity contribution in [2.24, 2.45) is 4.99 Å². The zero-order valence-corrected chi connectivity index (χ0v) is 13.2. The second-order valence-corrected chi connectivity index (χ2v) is 6.00. The molecule has 0 aliphatic carbocycles. The molecule has 0 amide bonds. The summed E-state index contributed by atoms with van der Waals surface area (Å²) in [5.74, 6) is 0.638. The number of aliphatic imine (C=N–C) groups is 1. The van der Waals surface area contributed by atoms with E-state index >= 15 is 0 Å². The Kier molecular flexibility index (Phi) is 4.25. The summed E-state index contributed by atoms with van der Waals surface area (Å²) in [6.45, 7) is 1.01. The maximum absolute atomic E-state index is 12.6. The minimum Gasteiger partial charge on any atom is -0.349 e. The van der Waals surface area contributed by atoms with Gasteiger partial charge in [-0.3, -0.25) is 4.99 Å². The summed E-state index contributed by atoms with van der Waals surface area (Å²) >= 11 is 0.990. The monoisotopic (exact) mass is 340 g/mol. The van der Waals surface area contributed by atoms with Crippen LogP contribution in [0.4, 0.5) is 18.9 Å². The Morgan fingerprint density at radius 3 is 2.87 bits per heavy atom. The lowest BCUT2D eigenvalue weighted by Crippen LogP contribution is -2.40. The number of anilines is 1. The molecule has 4 nitrogen and oxygen atoms in total. The second-order valence-electron chi connectivity index (χ2n) is 5.06. The SMILES string of the molecule is CN=C(NCc1nc(C(F)(F)F)cs1)N1CCc2ccccc21. The van der Waals surface area contributed by atoms with Crippen LogP contribution in [0.15, 0.2) is 34.6 Å². The van der Waals surface area contributed by atoms with Gasteiger partial charge in [-0.25, -0.2) is 4.98 Å². The molecule has 0 atom stereocenters. The Morgan fingerprint density at radius 2 is 2.17 bits per heavy atom. The lowest BCUT2D eigenvalue weighted by molar-refractivity contribution is -0.140. The number of benzene rings is 1. The van der Waals surface area contributed by atoms with E-state index in [0.29, 0.717) is 11.0 Å². The van der Waals surface area contributed by atoms with Crippen molar-refractivity contribution in [1.82, 2.24) is 10.3 Å². The van der Waals surface area contributed by atoms with E-state index in [1.807, 2.05) is 23.1 Å². The smallest absolute Gasteiger partial charge is 0.349 e. The van der Waals surface area contributed by atoms with Crippen LogP contribution >= 0.6 is 11.3 Å². The number of nitrogens with zero attached hydrogens (tertiary/aromatic N) is 3. The topological polar surface area (TPSA) is 40.5 Å². The Morgan fingerprint density at radius 1 is 1.39 bits per heavy atom. The summed E-state index contributed by atoms with van der Waals surface area (Å²) < 4.78 is 37.7. The summed E-state index contributed by atoms with van der Waals surface area (Å²) in [5, 5.41) is 4.50. The number of aromatic nitrogens is 1. The van der Waals surface area contributed by atoms with Crippen molar-refractivity contribution < 1.29 is 13.2 Å². The average Bonchev–Trinajstić information content (AvgIpc) is 3.15. The number of alkyl halides is 3. The quantitative estimate of drug-likeness (QED) is 0.674. The molecule has 0 saturated heterocycles. The predicted molar refractivity (Wildman–Crippen MR) is 84.8 cm³/mol. The lowest BCUT2D eigenvalue weighted by Gasteiger charge is -2.21. The van der Waals surface area contributed by atoms with Crippen molar-refractivity contribution in [3.05, 3.63) is 45.9 Å². The first-order valence-electron chi connectivity index (χ1n) is 7.06. The molecule has 2 aromatic rings. The Bertz CT molecular complexity index is 724. The molecule has 0 spiro atoms. The van der Waals surface area contributed by atoms with Crippen LogP contribution in [-0.4, -0.2) is 24.5 Å². The number of nitrogens with one attached hydrogen (secondary N) is 1. The van der Waals surface area contributed by atoms with E-state index < -0.39 is 11.9 Å². The van der Waals surface area contributed by atoms with Gasteiger partial charge in [0.05, 0.1) is 6.54 Å². The molecule has 1 aliphatic rings. The number of hydrogen-bond acceptors (Lipinski definition) is 3. The van der Waals surface area contributed by atoms with Gasteiger partial charge in [-0.15, -0.1) is 11.3 Å². The molecule has 0 unspecified atom stereocenters. The van der Waals surface area contributed by atoms with Crippen molar-refractivity contribution in [3.63, 3.8) is 0 Å². The molecule has 122 valence electrons. The first-order chi connectivity index (χ1) is 11.0. The van der Waals surface area contributed by atoms with E-state index in [9.17, 15) is 13.2 Å². The molecule has 0 saturated carbocycles. The van der Waals surface area contributed by atoms with Gasteiger partial charge in [0.15, 0.2) is 11.7 Å². The number of rotatable bonds is 2. The molecule has 0 radical (unpaired) electrons. The number of fused-ring (bicyclic) bond motifs is 1. The zero-order chi connectivity index (χ0) is 16.4. The van der Waals surface area contributed by atoms with Crippen molar-refractivity contribution in [2.75, 3.05) is 18.5 Å². The van der Waals surface area contributed by atoms with Crippen molar-refractivity contribution in [2.45, 2.75) is 19.1 Å². The van der Waals surface area contributed by atoms with Crippen LogP contribution in [0.1, 0.15) is 16.3 Å². The maximum Gasteiger partial charge on any atom is 0.434 e. The van der Waals surface area contributed by atoms with Crippen LogP contribution in [0, 0.1) is 0 Å². The summed E-state index contributed by atoms with van der Waals surface area (Å²) in [6.07, 6.45) is -3.48. The summed E-state index contributed by atoms with van der Waals surface area (Å²) in [5.41, 5.74) is 1.47. The van der Waals surface area contributed by atoms with Crippen molar-refractivity contribution in [1.29, 1.82) is 0 Å². The lowest BCUT2D eigenvalue weighted by atomic mass is 10.2. The van der Waals surface area contributed by atoms with Crippen LogP contribution in [0.3, 0.4) is 0 Å². The molecule has 3 rings (SSSR count). The first kappa shape index (κ1) is 15.8. The van der Waals surface area contributed by atoms with Crippen LogP contribution in [0.2, 0.25) is 0 Å². The van der Waals surface area contributed by atoms with Gasteiger partial charge in [-0.05, 0) is 18.1 Å². The highest BCUT2D eigenvalue weighted by Gasteiger charge is 2.33. The Labute approximate surface area is 135 Å². The highest BCUT2D eigenvalue weighted by molar-refractivity contribution is 7.09. The van der Waals surface area contributed by atoms with E-state index in [-0.39, 0.29) is 6.54 Å². The molecule has 1 aliphatic heterocycles. The van der Waals surface area contributed by atoms with E-state index in [1.165, 1.54) is 5.56 Å². The summed E-state index contributed by atoms with van der Waals surface area (Å²) in [7, 11) is 1.66. The van der Waals surface area contributed by atoms with Crippen LogP contribution in [0.5, 0.6) is 0 Å². The predicted octanol–water partition coefficient (Wildman–Crippen LogP) is 3.30. The summed E-state index contributed by atoms with van der Waals surface area (Å²) in [6, 6.07) is 8.03. The highest BCUT2D eigenvalue weighted by atomic mass is 32.1. The minimum atomic E-state index is -4.40. The Hall–Kier alpha value is -2.09. The van der Waals surface area contributed by atoms with Gasteiger partial charge in [-0.1, -0.05) is 18.2 Å². The number of thiazole rings is 1. The molecule has 1 aromatic heterocycles. The van der Waals surface area contributed by atoms with Gasteiger partial charge in [0.2, 0.25) is 0 Å². The fourth-order valence-corrected chi connectivity index (χ4v) is 3.27. The third-order valence-corrected chi connectivity index (χ3v) is 4.44. The number of hydrogen-bond donors (Lipinski definition) is 1. The average molecular weight is 340 g/mol. The molecule has 0 bridgehead atoms. The normalized spacial score (nSPS) is 15.0. The molecular formula is C15H15F3N4S. The number of para-hydroxylation sites is 1. The fourth-order valence-electron chi connectivity index (χ4n) is 2.53. The van der Waals surface area contributed by atoms with Crippen molar-refractivity contribution >= 4 is 23.0 Å². The standard InChI is InChI=1S/C15H15F3N4S/c1-19-14(22-7-6-10-4-2-3-5-11(10)22)20-8-13-21-12(9-23-13)15(16,17)18/h2-5,9H,6-8H2,1H3,(H,19,20). The molecule has 8 heteroatoms. The largest absolute Gasteiger partial charge is 0.434 e. The second kappa shape index (κ2) is 6.19. The third-order valence-electron chi connectivity index (χ3n) is 3.59. The molecule has 1 N–H and O–H groups in total. The van der Waals surface area contributed by atoms with E-state index in [1.54, 1.807) is 7.05 Å². The molecule has 23 heavy (non-hydrogen) atoms. The number of halogens is 3. The molecule has 0 fully saturated rings. The van der Waals surface area contributed by atoms with E-state index in [4.69, 9.17) is 0 Å². The van der Waals surface area contributed by atoms with E-state index in [0.717, 1.165) is 35.4 Å². The van der Waals surface area contributed by atoms with E-state index in [2.05, 4.69) is 21.4 Å². The van der Waals surface area contributed by atoms with Gasteiger partial charge in [-0.2, -0.15) is 13.2 Å². The van der Waals surface area contributed by atoms with Crippen molar-refractivity contribution in [3.8, 4) is 0 Å². The molecule has 2 heterocycles. The summed E-state index contributed by atoms with van der Waals surface area (Å²) in [4.78, 5) is 9.88. The number of guanidine groups is 1. The van der Waals surface area contributed by atoms with Gasteiger partial charge in [0, 0.05) is 24.7 Å². The van der Waals surface area contributed by atoms with Crippen LogP contribution < -0.4 is 10.2 Å².